The van der Waals surface area contributed by atoms with Crippen molar-refractivity contribution in [3.05, 3.63) is 65.1 Å². The lowest BCUT2D eigenvalue weighted by molar-refractivity contribution is 0.438. The van der Waals surface area contributed by atoms with Crippen molar-refractivity contribution in [2.24, 2.45) is 28.9 Å². The van der Waals surface area contributed by atoms with E-state index >= 15 is 0 Å². The summed E-state index contributed by atoms with van der Waals surface area (Å²) in [7, 11) is 6.18. The number of hydrazone groups is 1. The molecule has 7 nitrogen and oxygen atoms in total. The van der Waals surface area contributed by atoms with Crippen molar-refractivity contribution in [1.82, 2.24) is 20.0 Å². The lowest BCUT2D eigenvalue weighted by Gasteiger charge is -2.28. The maximum Gasteiger partial charge on any atom is 0.0879 e. The molecule has 4 rings (SSSR count). The standard InChI is InChI=1S/C26H35N7/c1-17-6-7-20(15-32(3)4)25(12-17)30-24-10-11-28-26(18(2)31-27)22-9-8-19(13-23(22)24)21-14-29-33(5)16-21/h7-9,12-14,16-17,24,30H,6,10-11,15,27H2,1-5H3. The molecule has 0 amide bonds. The smallest absolute Gasteiger partial charge is 0.0879 e. The van der Waals surface area contributed by atoms with Gasteiger partial charge in [0.2, 0.25) is 0 Å². The molecule has 3 N–H and O–H groups in total. The van der Waals surface area contributed by atoms with Gasteiger partial charge in [-0.15, -0.1) is 0 Å². The molecule has 1 aromatic carbocycles. The zero-order chi connectivity index (χ0) is 23.5. The molecule has 1 aromatic heterocycles. The van der Waals surface area contributed by atoms with Gasteiger partial charge in [0.05, 0.1) is 23.7 Å². The van der Waals surface area contributed by atoms with Gasteiger partial charge in [-0.05, 0) is 62.5 Å². The molecule has 2 atom stereocenters. The number of nitrogens with zero attached hydrogens (tertiary/aromatic N) is 5. The van der Waals surface area contributed by atoms with Crippen molar-refractivity contribution in [1.29, 1.82) is 0 Å². The quantitative estimate of drug-likeness (QED) is 0.404. The highest BCUT2D eigenvalue weighted by molar-refractivity contribution is 6.48. The summed E-state index contributed by atoms with van der Waals surface area (Å²) in [4.78, 5) is 7.10. The molecule has 0 saturated heterocycles. The number of aromatic nitrogens is 2. The number of nitrogens with two attached hydrogens (primary N) is 1. The van der Waals surface area contributed by atoms with Gasteiger partial charge in [-0.2, -0.15) is 10.2 Å². The van der Waals surface area contributed by atoms with E-state index in [1.165, 1.54) is 16.8 Å². The van der Waals surface area contributed by atoms with Crippen molar-refractivity contribution in [3.8, 4) is 11.1 Å². The van der Waals surface area contributed by atoms with Gasteiger partial charge >= 0.3 is 0 Å². The molecule has 0 saturated carbocycles. The summed E-state index contributed by atoms with van der Waals surface area (Å²) in [5.74, 6) is 6.18. The predicted octanol–water partition coefficient (Wildman–Crippen LogP) is 3.66. The first-order valence-electron chi connectivity index (χ1n) is 11.6. The topological polar surface area (TPSA) is 83.8 Å². The van der Waals surface area contributed by atoms with E-state index < -0.39 is 0 Å². The second kappa shape index (κ2) is 9.75. The van der Waals surface area contributed by atoms with Crippen LogP contribution in [-0.2, 0) is 7.05 Å². The zero-order valence-corrected chi connectivity index (χ0v) is 20.3. The molecule has 2 heterocycles. The summed E-state index contributed by atoms with van der Waals surface area (Å²) in [5.41, 5.74) is 8.78. The summed E-state index contributed by atoms with van der Waals surface area (Å²) in [5, 5.41) is 12.2. The summed E-state index contributed by atoms with van der Waals surface area (Å²) < 4.78 is 1.83. The number of aryl methyl sites for hydroxylation is 1. The minimum absolute atomic E-state index is 0.130. The van der Waals surface area contributed by atoms with Crippen LogP contribution in [0.5, 0.6) is 0 Å². The van der Waals surface area contributed by atoms with E-state index in [0.717, 1.165) is 47.5 Å². The third-order valence-electron chi connectivity index (χ3n) is 6.29. The monoisotopic (exact) mass is 445 g/mol. The minimum atomic E-state index is 0.130. The second-order valence-corrected chi connectivity index (χ2v) is 9.40. The Balaban J connectivity index is 1.76. The average molecular weight is 446 g/mol. The number of benzene rings is 1. The van der Waals surface area contributed by atoms with Gasteiger partial charge < -0.3 is 16.1 Å². The lowest BCUT2D eigenvalue weighted by Crippen LogP contribution is -2.29. The van der Waals surface area contributed by atoms with Crippen LogP contribution in [0.25, 0.3) is 11.1 Å². The first kappa shape index (κ1) is 23.0. The van der Waals surface area contributed by atoms with Gasteiger partial charge in [-0.25, -0.2) is 0 Å². The highest BCUT2D eigenvalue weighted by Crippen LogP contribution is 2.33. The second-order valence-electron chi connectivity index (χ2n) is 9.40. The molecular weight excluding hydrogens is 410 g/mol. The molecule has 2 aliphatic rings. The van der Waals surface area contributed by atoms with E-state index in [2.05, 4.69) is 71.8 Å². The largest absolute Gasteiger partial charge is 0.378 e. The molecule has 33 heavy (non-hydrogen) atoms. The van der Waals surface area contributed by atoms with Crippen LogP contribution in [0.2, 0.25) is 0 Å². The normalized spacial score (nSPS) is 21.2. The van der Waals surface area contributed by atoms with Gasteiger partial charge in [0.25, 0.3) is 0 Å². The van der Waals surface area contributed by atoms with Crippen LogP contribution >= 0.6 is 0 Å². The Bertz CT molecular complexity index is 1130. The van der Waals surface area contributed by atoms with Gasteiger partial charge in [0, 0.05) is 43.2 Å². The fourth-order valence-electron chi connectivity index (χ4n) is 4.60. The fraction of sp³-hybridized carbons (Fsp3) is 0.423. The third kappa shape index (κ3) is 5.09. The first-order chi connectivity index (χ1) is 15.9. The summed E-state index contributed by atoms with van der Waals surface area (Å²) in [6.07, 6.45) is 10.7. The van der Waals surface area contributed by atoms with Crippen molar-refractivity contribution in [2.45, 2.75) is 32.7 Å². The molecule has 0 spiro atoms. The van der Waals surface area contributed by atoms with Crippen LogP contribution in [-0.4, -0.2) is 53.3 Å². The molecule has 0 radical (unpaired) electrons. The van der Waals surface area contributed by atoms with Crippen LogP contribution in [0.4, 0.5) is 0 Å². The van der Waals surface area contributed by atoms with Crippen LogP contribution < -0.4 is 11.2 Å². The summed E-state index contributed by atoms with van der Waals surface area (Å²) in [6.45, 7) is 5.83. The Morgan fingerprint density at radius 3 is 2.82 bits per heavy atom. The van der Waals surface area contributed by atoms with Crippen LogP contribution in [0.1, 0.15) is 43.9 Å². The van der Waals surface area contributed by atoms with E-state index in [1.807, 2.05) is 31.0 Å². The van der Waals surface area contributed by atoms with Crippen molar-refractivity contribution < 1.29 is 0 Å². The average Bonchev–Trinajstić information content (AvgIpc) is 3.14. The zero-order valence-electron chi connectivity index (χ0n) is 20.3. The Labute approximate surface area is 196 Å². The SMILES string of the molecule is CC(=NN)C1=NCCC(NC2=CC(C)CC=C2CN(C)C)c2cc(-c3cnn(C)c3)ccc21. The van der Waals surface area contributed by atoms with Gasteiger partial charge in [0.15, 0.2) is 0 Å². The van der Waals surface area contributed by atoms with Gasteiger partial charge in [0.1, 0.15) is 0 Å². The number of hydrogen-bond donors (Lipinski definition) is 2. The lowest BCUT2D eigenvalue weighted by atomic mass is 9.90. The maximum absolute atomic E-state index is 5.66. The highest BCUT2D eigenvalue weighted by atomic mass is 15.2. The van der Waals surface area contributed by atoms with Gasteiger partial charge in [-0.1, -0.05) is 31.2 Å². The van der Waals surface area contributed by atoms with Crippen molar-refractivity contribution in [2.75, 3.05) is 27.2 Å². The molecule has 7 heteroatoms. The number of fused-ring (bicyclic) bond motifs is 1. The van der Waals surface area contributed by atoms with Crippen LogP contribution in [0.15, 0.2) is 64.1 Å². The molecule has 174 valence electrons. The number of nitrogens with one attached hydrogen (secondary N) is 1. The van der Waals surface area contributed by atoms with Gasteiger partial charge in [-0.3, -0.25) is 9.67 Å². The summed E-state index contributed by atoms with van der Waals surface area (Å²) in [6, 6.07) is 6.69. The first-order valence-corrected chi connectivity index (χ1v) is 11.6. The van der Waals surface area contributed by atoms with E-state index in [0.29, 0.717) is 12.5 Å². The third-order valence-corrected chi connectivity index (χ3v) is 6.29. The Kier molecular flexibility index (Phi) is 6.79. The van der Waals surface area contributed by atoms with Crippen LogP contribution in [0.3, 0.4) is 0 Å². The maximum atomic E-state index is 5.66. The summed E-state index contributed by atoms with van der Waals surface area (Å²) >= 11 is 0. The number of likely N-dealkylation sites (N-methyl/N-ethyl adjacent to an activating group) is 1. The Morgan fingerprint density at radius 2 is 2.12 bits per heavy atom. The van der Waals surface area contributed by atoms with Crippen LogP contribution in [0, 0.1) is 5.92 Å². The highest BCUT2D eigenvalue weighted by Gasteiger charge is 2.25. The molecular formula is C26H35N7. The molecule has 1 aliphatic carbocycles. The molecule has 0 bridgehead atoms. The minimum Gasteiger partial charge on any atom is -0.378 e. The van der Waals surface area contributed by atoms with Crippen molar-refractivity contribution >= 4 is 11.4 Å². The molecule has 0 fully saturated rings. The fourth-order valence-corrected chi connectivity index (χ4v) is 4.60. The Morgan fingerprint density at radius 1 is 1.30 bits per heavy atom. The Hall–Kier alpha value is -3.19. The predicted molar refractivity (Wildman–Crippen MR) is 136 cm³/mol. The van der Waals surface area contributed by atoms with E-state index in [-0.39, 0.29) is 6.04 Å². The number of hydrogen-bond acceptors (Lipinski definition) is 6. The van der Waals surface area contributed by atoms with E-state index in [4.69, 9.17) is 10.8 Å². The number of aliphatic imine (C=N–C) groups is 1. The number of rotatable bonds is 6. The molecule has 1 aliphatic heterocycles. The number of allylic oxidation sites excluding steroid dienone is 2. The van der Waals surface area contributed by atoms with E-state index in [9.17, 15) is 0 Å². The van der Waals surface area contributed by atoms with E-state index in [1.54, 1.807) is 0 Å². The molecule has 2 aromatic rings. The van der Waals surface area contributed by atoms with Crippen molar-refractivity contribution in [3.63, 3.8) is 0 Å². The molecule has 2 unspecified atom stereocenters.